The SMILES string of the molecule is O=C1CCC(N2Cc3cc(OC[C@@H]4CCCCN4C(=O)c4cc5[nH]ccc5cn4)ccc3C2=O)C(=O)N1. The molecule has 2 fully saturated rings. The maximum Gasteiger partial charge on any atom is 0.272 e. The summed E-state index contributed by atoms with van der Waals surface area (Å²) in [6.07, 6.45) is 6.86. The lowest BCUT2D eigenvalue weighted by molar-refractivity contribution is -0.136. The van der Waals surface area contributed by atoms with Crippen LogP contribution < -0.4 is 10.1 Å². The second kappa shape index (κ2) is 9.34. The Kier molecular flexibility index (Phi) is 5.86. The summed E-state index contributed by atoms with van der Waals surface area (Å²) >= 11 is 0. The molecule has 0 aliphatic carbocycles. The Labute approximate surface area is 213 Å². The number of ether oxygens (including phenoxy) is 1. The van der Waals surface area contributed by atoms with Gasteiger partial charge in [0.1, 0.15) is 24.1 Å². The molecule has 37 heavy (non-hydrogen) atoms. The molecule has 5 heterocycles. The average molecular weight is 502 g/mol. The van der Waals surface area contributed by atoms with Crippen LogP contribution in [0, 0.1) is 0 Å². The summed E-state index contributed by atoms with van der Waals surface area (Å²) in [5.74, 6) is -0.450. The van der Waals surface area contributed by atoms with Crippen molar-refractivity contribution in [3.05, 3.63) is 59.5 Å². The van der Waals surface area contributed by atoms with Crippen LogP contribution in [-0.4, -0.2) is 68.6 Å². The summed E-state index contributed by atoms with van der Waals surface area (Å²) in [6.45, 7) is 1.27. The zero-order chi connectivity index (χ0) is 25.5. The highest BCUT2D eigenvalue weighted by Gasteiger charge is 2.39. The highest BCUT2D eigenvalue weighted by atomic mass is 16.5. The number of hydrogen-bond donors (Lipinski definition) is 2. The number of amides is 4. The van der Waals surface area contributed by atoms with E-state index < -0.39 is 11.9 Å². The molecule has 2 N–H and O–H groups in total. The van der Waals surface area contributed by atoms with Gasteiger partial charge in [-0.2, -0.15) is 0 Å². The monoisotopic (exact) mass is 501 g/mol. The predicted molar refractivity (Wildman–Crippen MR) is 133 cm³/mol. The molecule has 3 aliphatic heterocycles. The molecule has 1 aromatic carbocycles. The van der Waals surface area contributed by atoms with Gasteiger partial charge >= 0.3 is 0 Å². The van der Waals surface area contributed by atoms with Crippen LogP contribution in [0.25, 0.3) is 10.9 Å². The number of carbonyl (C=O) groups excluding carboxylic acids is 4. The Morgan fingerprint density at radius 1 is 1.11 bits per heavy atom. The minimum atomic E-state index is -0.650. The standard InChI is InChI=1S/C27H27N5O5/c33-24-7-6-23(25(34)30-24)32-14-17-11-19(4-5-20(17)26(32)35)37-15-18-3-1-2-10-31(18)27(36)22-12-21-16(13-29-22)8-9-28-21/h4-5,8-9,11-13,18,23,28H,1-3,6-7,10,14-15H2,(H,30,33,34)/t18-,23?/m0/s1. The molecule has 1 unspecified atom stereocenters. The number of aromatic nitrogens is 2. The van der Waals surface area contributed by atoms with Gasteiger partial charge in [0.15, 0.2) is 0 Å². The first kappa shape index (κ1) is 23.2. The Hall–Kier alpha value is -4.21. The molecular formula is C27H27N5O5. The van der Waals surface area contributed by atoms with Crippen molar-refractivity contribution in [2.24, 2.45) is 0 Å². The third-order valence-electron chi connectivity index (χ3n) is 7.48. The van der Waals surface area contributed by atoms with E-state index in [2.05, 4.69) is 15.3 Å². The molecule has 0 radical (unpaired) electrons. The molecule has 3 aromatic rings. The number of likely N-dealkylation sites (tertiary alicyclic amines) is 1. The van der Waals surface area contributed by atoms with Gasteiger partial charge in [0, 0.05) is 48.4 Å². The minimum absolute atomic E-state index is 0.0859. The Morgan fingerprint density at radius 2 is 2.00 bits per heavy atom. The van der Waals surface area contributed by atoms with E-state index in [-0.39, 0.29) is 30.2 Å². The molecule has 3 aliphatic rings. The number of rotatable bonds is 5. The number of pyridine rings is 1. The lowest BCUT2D eigenvalue weighted by atomic mass is 10.0. The molecule has 190 valence electrons. The van der Waals surface area contributed by atoms with Gasteiger partial charge in [-0.25, -0.2) is 0 Å². The largest absolute Gasteiger partial charge is 0.491 e. The third-order valence-corrected chi connectivity index (χ3v) is 7.48. The van der Waals surface area contributed by atoms with Crippen LogP contribution in [0.5, 0.6) is 5.75 Å². The molecule has 10 nitrogen and oxygen atoms in total. The van der Waals surface area contributed by atoms with Crippen LogP contribution in [0.1, 0.15) is 58.5 Å². The van der Waals surface area contributed by atoms with Crippen molar-refractivity contribution in [1.29, 1.82) is 0 Å². The smallest absolute Gasteiger partial charge is 0.272 e. The second-order valence-electron chi connectivity index (χ2n) is 9.81. The Morgan fingerprint density at radius 3 is 2.86 bits per heavy atom. The van der Waals surface area contributed by atoms with E-state index in [0.29, 0.717) is 43.1 Å². The van der Waals surface area contributed by atoms with E-state index in [4.69, 9.17) is 4.74 Å². The molecule has 10 heteroatoms. The fourth-order valence-electron chi connectivity index (χ4n) is 5.48. The number of nitrogens with one attached hydrogen (secondary N) is 2. The average Bonchev–Trinajstić information content (AvgIpc) is 3.51. The summed E-state index contributed by atoms with van der Waals surface area (Å²) in [4.78, 5) is 60.9. The van der Waals surface area contributed by atoms with Crippen LogP contribution in [0.4, 0.5) is 0 Å². The van der Waals surface area contributed by atoms with Crippen molar-refractivity contribution in [1.82, 2.24) is 25.1 Å². The van der Waals surface area contributed by atoms with Crippen LogP contribution in [0.2, 0.25) is 0 Å². The lowest BCUT2D eigenvalue weighted by Crippen LogP contribution is -2.52. The van der Waals surface area contributed by atoms with Gasteiger partial charge in [-0.15, -0.1) is 0 Å². The summed E-state index contributed by atoms with van der Waals surface area (Å²) in [6, 6.07) is 8.27. The van der Waals surface area contributed by atoms with Crippen molar-refractivity contribution < 1.29 is 23.9 Å². The maximum atomic E-state index is 13.3. The van der Waals surface area contributed by atoms with Gasteiger partial charge in [-0.05, 0) is 61.6 Å². The summed E-state index contributed by atoms with van der Waals surface area (Å²) < 4.78 is 6.12. The van der Waals surface area contributed by atoms with Gasteiger partial charge in [0.25, 0.3) is 11.8 Å². The van der Waals surface area contributed by atoms with Crippen LogP contribution in [-0.2, 0) is 16.1 Å². The number of imide groups is 1. The number of nitrogens with zero attached hydrogens (tertiary/aromatic N) is 3. The number of fused-ring (bicyclic) bond motifs is 2. The highest BCUT2D eigenvalue weighted by molar-refractivity contribution is 6.05. The fourth-order valence-corrected chi connectivity index (χ4v) is 5.48. The second-order valence-corrected chi connectivity index (χ2v) is 9.81. The van der Waals surface area contributed by atoms with E-state index in [0.717, 1.165) is 35.7 Å². The van der Waals surface area contributed by atoms with Gasteiger partial charge in [0.2, 0.25) is 11.8 Å². The molecule has 0 bridgehead atoms. The third kappa shape index (κ3) is 4.32. The summed E-state index contributed by atoms with van der Waals surface area (Å²) in [5, 5.41) is 3.28. The predicted octanol–water partition coefficient (Wildman–Crippen LogP) is 2.40. The molecule has 4 amide bonds. The maximum absolute atomic E-state index is 13.3. The van der Waals surface area contributed by atoms with Gasteiger partial charge in [0.05, 0.1) is 6.04 Å². The van der Waals surface area contributed by atoms with Crippen LogP contribution in [0.3, 0.4) is 0 Å². The van der Waals surface area contributed by atoms with Crippen molar-refractivity contribution in [3.63, 3.8) is 0 Å². The van der Waals surface area contributed by atoms with Crippen LogP contribution in [0.15, 0.2) is 42.7 Å². The lowest BCUT2D eigenvalue weighted by Gasteiger charge is -2.35. The zero-order valence-electron chi connectivity index (χ0n) is 20.2. The minimum Gasteiger partial charge on any atom is -0.491 e. The first-order chi connectivity index (χ1) is 18.0. The van der Waals surface area contributed by atoms with E-state index >= 15 is 0 Å². The normalized spacial score (nSPS) is 21.8. The Bertz CT molecular complexity index is 1420. The number of carbonyl (C=O) groups is 4. The summed E-state index contributed by atoms with van der Waals surface area (Å²) in [7, 11) is 0. The van der Waals surface area contributed by atoms with Crippen LogP contribution >= 0.6 is 0 Å². The number of hydrogen-bond acceptors (Lipinski definition) is 6. The van der Waals surface area contributed by atoms with E-state index in [1.54, 1.807) is 24.4 Å². The number of piperidine rings is 2. The quantitative estimate of drug-likeness (QED) is 0.518. The molecule has 2 saturated heterocycles. The molecule has 2 aromatic heterocycles. The van der Waals surface area contributed by atoms with Gasteiger partial charge in [-0.3, -0.25) is 29.5 Å². The molecule has 2 atom stereocenters. The van der Waals surface area contributed by atoms with Crippen molar-refractivity contribution in [2.45, 2.75) is 50.7 Å². The first-order valence-electron chi connectivity index (χ1n) is 12.6. The fraction of sp³-hybridized carbons (Fsp3) is 0.370. The number of aromatic amines is 1. The van der Waals surface area contributed by atoms with E-state index in [1.165, 1.54) is 4.90 Å². The Balaban J connectivity index is 1.13. The number of benzene rings is 1. The molecular weight excluding hydrogens is 474 g/mol. The van der Waals surface area contributed by atoms with E-state index in [9.17, 15) is 19.2 Å². The summed E-state index contributed by atoms with van der Waals surface area (Å²) in [5.41, 5.74) is 2.61. The van der Waals surface area contributed by atoms with Gasteiger partial charge < -0.3 is 19.5 Å². The van der Waals surface area contributed by atoms with Crippen molar-refractivity contribution in [2.75, 3.05) is 13.2 Å². The highest BCUT2D eigenvalue weighted by Crippen LogP contribution is 2.30. The number of H-pyrrole nitrogens is 1. The zero-order valence-corrected chi connectivity index (χ0v) is 20.2. The molecule has 0 saturated carbocycles. The first-order valence-corrected chi connectivity index (χ1v) is 12.6. The molecule has 0 spiro atoms. The van der Waals surface area contributed by atoms with Crippen molar-refractivity contribution in [3.8, 4) is 5.75 Å². The van der Waals surface area contributed by atoms with E-state index in [1.807, 2.05) is 23.2 Å². The van der Waals surface area contributed by atoms with Gasteiger partial charge in [-0.1, -0.05) is 0 Å². The molecule has 6 rings (SSSR count). The van der Waals surface area contributed by atoms with Crippen molar-refractivity contribution >= 4 is 34.5 Å². The topological polar surface area (TPSA) is 125 Å².